The zero-order valence-electron chi connectivity index (χ0n) is 20.2. The fraction of sp³-hybridized carbons (Fsp3) is 0.500. The number of piperidine rings is 1. The molecule has 182 valence electrons. The quantitative estimate of drug-likeness (QED) is 0.405. The van der Waals surface area contributed by atoms with Gasteiger partial charge in [-0.2, -0.15) is 0 Å². The number of para-hydroxylation sites is 1. The minimum Gasteiger partial charge on any atom is -0.497 e. The summed E-state index contributed by atoms with van der Waals surface area (Å²) >= 11 is 0. The van der Waals surface area contributed by atoms with E-state index in [1.54, 1.807) is 7.11 Å². The van der Waals surface area contributed by atoms with Crippen LogP contribution in [0.15, 0.2) is 54.7 Å². The van der Waals surface area contributed by atoms with Crippen molar-refractivity contribution in [1.82, 2.24) is 9.47 Å². The Kier molecular flexibility index (Phi) is 7.38. The highest BCUT2D eigenvalue weighted by molar-refractivity contribution is 5.85. The van der Waals surface area contributed by atoms with Gasteiger partial charge in [0, 0.05) is 56.7 Å². The maximum absolute atomic E-state index is 6.02. The zero-order chi connectivity index (χ0) is 23.2. The molecule has 0 unspecified atom stereocenters. The maximum Gasteiger partial charge on any atom is 0.170 e. The highest BCUT2D eigenvalue weighted by Crippen LogP contribution is 2.33. The molecule has 2 fully saturated rings. The van der Waals surface area contributed by atoms with Crippen molar-refractivity contribution in [3.05, 3.63) is 60.3 Å². The Balaban J connectivity index is 1.21. The van der Waals surface area contributed by atoms with Crippen LogP contribution in [0, 0.1) is 0 Å². The minimum absolute atomic E-state index is 0.335. The van der Waals surface area contributed by atoms with Crippen LogP contribution in [-0.4, -0.2) is 55.3 Å². The van der Waals surface area contributed by atoms with Crippen LogP contribution < -0.4 is 9.47 Å². The number of unbranched alkanes of at least 4 members (excludes halogenated alkanes) is 1. The van der Waals surface area contributed by atoms with Crippen LogP contribution in [0.3, 0.4) is 0 Å². The van der Waals surface area contributed by atoms with E-state index in [9.17, 15) is 0 Å². The molecule has 2 aromatic carbocycles. The van der Waals surface area contributed by atoms with Crippen LogP contribution in [-0.2, 0) is 22.6 Å². The van der Waals surface area contributed by atoms with E-state index >= 15 is 0 Å². The van der Waals surface area contributed by atoms with Gasteiger partial charge in [-0.05, 0) is 49.1 Å². The van der Waals surface area contributed by atoms with Gasteiger partial charge in [0.25, 0.3) is 0 Å². The lowest BCUT2D eigenvalue weighted by Gasteiger charge is -2.43. The summed E-state index contributed by atoms with van der Waals surface area (Å²) in [5.41, 5.74) is 2.62. The van der Waals surface area contributed by atoms with Crippen LogP contribution in [0.1, 0.15) is 37.7 Å². The van der Waals surface area contributed by atoms with E-state index in [0.29, 0.717) is 0 Å². The van der Waals surface area contributed by atoms with E-state index in [-0.39, 0.29) is 5.79 Å². The van der Waals surface area contributed by atoms with Crippen LogP contribution >= 0.6 is 0 Å². The normalized spacial score (nSPS) is 18.4. The van der Waals surface area contributed by atoms with Gasteiger partial charge < -0.3 is 23.5 Å². The SMILES string of the molecule is COc1ccc2c(CN3CCC4(CC3)OCCCO4)cn(CCCCOc3ccccc3)c2c1. The van der Waals surface area contributed by atoms with Crippen LogP contribution in [0.5, 0.6) is 11.5 Å². The second-order valence-electron chi connectivity index (χ2n) is 9.34. The predicted octanol–water partition coefficient (Wildman–Crippen LogP) is 5.24. The van der Waals surface area contributed by atoms with Gasteiger partial charge in [0.15, 0.2) is 5.79 Å². The molecule has 0 N–H and O–H groups in total. The first-order valence-corrected chi connectivity index (χ1v) is 12.6. The van der Waals surface area contributed by atoms with Crippen molar-refractivity contribution in [1.29, 1.82) is 0 Å². The third-order valence-corrected chi connectivity index (χ3v) is 7.01. The van der Waals surface area contributed by atoms with Gasteiger partial charge in [0.05, 0.1) is 32.4 Å². The Morgan fingerprint density at radius 1 is 0.941 bits per heavy atom. The first kappa shape index (κ1) is 23.2. The summed E-state index contributed by atoms with van der Waals surface area (Å²) in [5, 5.41) is 1.31. The standard InChI is InChI=1S/C28H36N2O4/c1-31-25-10-11-26-23(21-29-15-12-28(13-16-29)33-18-7-19-34-28)22-30(27(26)20-25)14-5-6-17-32-24-8-3-2-4-9-24/h2-4,8-11,20,22H,5-7,12-19,21H2,1H3. The number of rotatable bonds is 9. The monoisotopic (exact) mass is 464 g/mol. The topological polar surface area (TPSA) is 45.1 Å². The Bertz CT molecular complexity index is 1050. The molecular formula is C28H36N2O4. The number of ether oxygens (including phenoxy) is 4. The van der Waals surface area contributed by atoms with E-state index in [2.05, 4.69) is 33.9 Å². The second kappa shape index (κ2) is 10.8. The third kappa shape index (κ3) is 5.40. The molecule has 0 aliphatic carbocycles. The van der Waals surface area contributed by atoms with Crippen LogP contribution in [0.2, 0.25) is 0 Å². The van der Waals surface area contributed by atoms with E-state index in [1.165, 1.54) is 16.5 Å². The predicted molar refractivity (Wildman–Crippen MR) is 133 cm³/mol. The van der Waals surface area contributed by atoms with E-state index in [1.807, 2.05) is 30.3 Å². The van der Waals surface area contributed by atoms with Gasteiger partial charge in [-0.25, -0.2) is 0 Å². The Morgan fingerprint density at radius 2 is 1.74 bits per heavy atom. The van der Waals surface area contributed by atoms with Gasteiger partial charge in [0.1, 0.15) is 11.5 Å². The largest absolute Gasteiger partial charge is 0.497 e. The molecule has 0 atom stereocenters. The van der Waals surface area contributed by atoms with E-state index < -0.39 is 0 Å². The smallest absolute Gasteiger partial charge is 0.170 e. The molecule has 34 heavy (non-hydrogen) atoms. The Morgan fingerprint density at radius 3 is 2.50 bits per heavy atom. The van der Waals surface area contributed by atoms with Gasteiger partial charge >= 0.3 is 0 Å². The average Bonchev–Trinajstić information content (AvgIpc) is 3.23. The summed E-state index contributed by atoms with van der Waals surface area (Å²) < 4.78 is 25.8. The first-order chi connectivity index (χ1) is 16.7. The number of aromatic nitrogens is 1. The Labute approximate surface area is 202 Å². The molecule has 3 aromatic rings. The second-order valence-corrected chi connectivity index (χ2v) is 9.34. The molecule has 3 heterocycles. The fourth-order valence-corrected chi connectivity index (χ4v) is 5.08. The molecule has 2 aliphatic heterocycles. The summed E-state index contributed by atoms with van der Waals surface area (Å²) in [6.07, 6.45) is 7.31. The van der Waals surface area contributed by atoms with Crippen molar-refractivity contribution in [2.45, 2.75) is 51.0 Å². The number of fused-ring (bicyclic) bond motifs is 1. The number of hydrogen-bond acceptors (Lipinski definition) is 5. The maximum atomic E-state index is 6.02. The molecule has 6 heteroatoms. The van der Waals surface area contributed by atoms with Crippen molar-refractivity contribution in [2.75, 3.05) is 40.0 Å². The van der Waals surface area contributed by atoms with E-state index in [0.717, 1.165) is 89.6 Å². The van der Waals surface area contributed by atoms with Crippen molar-refractivity contribution in [3.8, 4) is 11.5 Å². The fourth-order valence-electron chi connectivity index (χ4n) is 5.08. The van der Waals surface area contributed by atoms with E-state index in [4.69, 9.17) is 18.9 Å². The molecule has 1 aromatic heterocycles. The van der Waals surface area contributed by atoms with Gasteiger partial charge in [-0.1, -0.05) is 18.2 Å². The van der Waals surface area contributed by atoms with Crippen molar-refractivity contribution in [2.24, 2.45) is 0 Å². The van der Waals surface area contributed by atoms with Gasteiger partial charge in [-0.3, -0.25) is 4.90 Å². The molecule has 0 radical (unpaired) electrons. The Hall–Kier alpha value is -2.54. The molecule has 2 aliphatic rings. The highest BCUT2D eigenvalue weighted by atomic mass is 16.7. The number of likely N-dealkylation sites (tertiary alicyclic amines) is 1. The summed E-state index contributed by atoms with van der Waals surface area (Å²) in [4.78, 5) is 2.53. The van der Waals surface area contributed by atoms with Crippen LogP contribution in [0.4, 0.5) is 0 Å². The number of benzene rings is 2. The molecule has 1 spiro atoms. The summed E-state index contributed by atoms with van der Waals surface area (Å²) in [6.45, 7) is 6.30. The van der Waals surface area contributed by atoms with Crippen molar-refractivity contribution >= 4 is 10.9 Å². The molecule has 0 amide bonds. The number of aryl methyl sites for hydroxylation is 1. The summed E-state index contributed by atoms with van der Waals surface area (Å²) in [5.74, 6) is 1.50. The number of hydrogen-bond donors (Lipinski definition) is 0. The molecule has 0 saturated carbocycles. The lowest BCUT2D eigenvalue weighted by Crippen LogP contribution is -2.49. The summed E-state index contributed by atoms with van der Waals surface area (Å²) in [7, 11) is 1.73. The van der Waals surface area contributed by atoms with Crippen molar-refractivity contribution in [3.63, 3.8) is 0 Å². The molecule has 2 saturated heterocycles. The number of methoxy groups -OCH3 is 1. The molecule has 6 nitrogen and oxygen atoms in total. The molecular weight excluding hydrogens is 428 g/mol. The lowest BCUT2D eigenvalue weighted by atomic mass is 10.0. The highest BCUT2D eigenvalue weighted by Gasteiger charge is 2.38. The van der Waals surface area contributed by atoms with Crippen molar-refractivity contribution < 1.29 is 18.9 Å². The first-order valence-electron chi connectivity index (χ1n) is 12.6. The molecule has 0 bridgehead atoms. The van der Waals surface area contributed by atoms with Gasteiger partial charge in [0.2, 0.25) is 0 Å². The third-order valence-electron chi connectivity index (χ3n) is 7.01. The minimum atomic E-state index is -0.335. The van der Waals surface area contributed by atoms with Gasteiger partial charge in [-0.15, -0.1) is 0 Å². The summed E-state index contributed by atoms with van der Waals surface area (Å²) in [6, 6.07) is 16.5. The number of nitrogens with zero attached hydrogens (tertiary/aromatic N) is 2. The molecule has 5 rings (SSSR count). The lowest BCUT2D eigenvalue weighted by molar-refractivity contribution is -0.284. The zero-order valence-corrected chi connectivity index (χ0v) is 20.2. The average molecular weight is 465 g/mol. The van der Waals surface area contributed by atoms with Crippen LogP contribution in [0.25, 0.3) is 10.9 Å².